The van der Waals surface area contributed by atoms with Crippen LogP contribution in [0.5, 0.6) is 0 Å². The van der Waals surface area contributed by atoms with Gasteiger partial charge in [-0.1, -0.05) is 17.7 Å². The Kier molecular flexibility index (Phi) is 5.56. The summed E-state index contributed by atoms with van der Waals surface area (Å²) in [5.41, 5.74) is 9.61. The second-order valence-electron chi connectivity index (χ2n) is 6.07. The van der Waals surface area contributed by atoms with Crippen molar-refractivity contribution < 1.29 is 19.4 Å². The Hall–Kier alpha value is -1.63. The quantitative estimate of drug-likeness (QED) is 0.556. The summed E-state index contributed by atoms with van der Waals surface area (Å²) in [4.78, 5) is 23.7. The molecule has 0 bridgehead atoms. The van der Waals surface area contributed by atoms with Gasteiger partial charge in [0.2, 0.25) is 5.54 Å². The number of carboxylic acids is 1. The van der Waals surface area contributed by atoms with Crippen molar-refractivity contribution in [2.24, 2.45) is 11.5 Å². The van der Waals surface area contributed by atoms with Crippen LogP contribution in [-0.4, -0.2) is 28.2 Å². The summed E-state index contributed by atoms with van der Waals surface area (Å²) < 4.78 is 5.13. The van der Waals surface area contributed by atoms with Gasteiger partial charge in [0, 0.05) is 18.0 Å². The normalized spacial score (nSPS) is 14.3. The molecule has 0 saturated heterocycles. The molecule has 0 aliphatic carbocycles. The first kappa shape index (κ1) is 18.4. The molecule has 1 rings (SSSR count). The third-order valence-corrected chi connectivity index (χ3v) is 3.24. The molecule has 0 amide bonds. The summed E-state index contributed by atoms with van der Waals surface area (Å²) in [6.07, 6.45) is -0.235. The number of ether oxygens (including phenoxy) is 1. The van der Waals surface area contributed by atoms with Crippen LogP contribution in [0.15, 0.2) is 18.2 Å². The summed E-state index contributed by atoms with van der Waals surface area (Å²) in [6.45, 7) is 5.07. The molecule has 1 aromatic carbocycles. The Bertz CT molecular complexity index is 583. The molecule has 1 aromatic rings. The van der Waals surface area contributed by atoms with Crippen molar-refractivity contribution in [3.8, 4) is 0 Å². The Morgan fingerprint density at radius 3 is 2.32 bits per heavy atom. The number of carbonyl (C=O) groups excluding carboxylic acids is 1. The molecular weight excluding hydrogens is 308 g/mol. The van der Waals surface area contributed by atoms with E-state index in [2.05, 4.69) is 0 Å². The Balaban J connectivity index is 3.17. The lowest BCUT2D eigenvalue weighted by molar-refractivity contribution is -0.169. The van der Waals surface area contributed by atoms with Gasteiger partial charge >= 0.3 is 11.9 Å². The summed E-state index contributed by atoms with van der Waals surface area (Å²) in [5, 5.41) is 9.87. The fourth-order valence-electron chi connectivity index (χ4n) is 1.86. The smallest absolute Gasteiger partial charge is 0.338 e. The maximum absolute atomic E-state index is 12.2. The van der Waals surface area contributed by atoms with Crippen LogP contribution < -0.4 is 11.5 Å². The standard InChI is InChI=1S/C15H21ClN2O4/c1-14(2,3)22-13(21)15(18,12(19)20)7-9-4-5-11(16)6-10(9)8-17/h4-6H,7-8,17-18H2,1-3H3,(H,19,20). The highest BCUT2D eigenvalue weighted by Gasteiger charge is 2.45. The monoisotopic (exact) mass is 328 g/mol. The molecule has 7 heteroatoms. The predicted octanol–water partition coefficient (Wildman–Crippen LogP) is 1.47. The molecule has 1 unspecified atom stereocenters. The van der Waals surface area contributed by atoms with Crippen molar-refractivity contribution in [2.75, 3.05) is 0 Å². The largest absolute Gasteiger partial charge is 0.479 e. The average Bonchev–Trinajstić information content (AvgIpc) is 2.38. The molecular formula is C15H21ClN2O4. The number of carboxylic acid groups (broad SMARTS) is 1. The maximum Gasteiger partial charge on any atom is 0.338 e. The van der Waals surface area contributed by atoms with E-state index >= 15 is 0 Å². The van der Waals surface area contributed by atoms with Crippen LogP contribution in [0.1, 0.15) is 31.9 Å². The molecule has 0 aliphatic heterocycles. The van der Waals surface area contributed by atoms with Crippen molar-refractivity contribution in [3.63, 3.8) is 0 Å². The van der Waals surface area contributed by atoms with Gasteiger partial charge in [0.1, 0.15) is 5.60 Å². The number of rotatable bonds is 5. The van der Waals surface area contributed by atoms with Crippen LogP contribution in [0.2, 0.25) is 5.02 Å². The molecule has 0 aliphatic rings. The van der Waals surface area contributed by atoms with Crippen molar-refractivity contribution in [1.82, 2.24) is 0 Å². The number of aliphatic carboxylic acids is 1. The number of benzene rings is 1. The van der Waals surface area contributed by atoms with E-state index in [0.29, 0.717) is 16.1 Å². The van der Waals surface area contributed by atoms with E-state index in [0.717, 1.165) is 0 Å². The minimum absolute atomic E-state index is 0.153. The summed E-state index contributed by atoms with van der Waals surface area (Å²) in [7, 11) is 0. The van der Waals surface area contributed by atoms with Crippen LogP contribution >= 0.6 is 11.6 Å². The third-order valence-electron chi connectivity index (χ3n) is 3.00. The van der Waals surface area contributed by atoms with E-state index in [4.69, 9.17) is 27.8 Å². The van der Waals surface area contributed by atoms with Gasteiger partial charge in [0.05, 0.1) is 0 Å². The summed E-state index contributed by atoms with van der Waals surface area (Å²) in [6, 6.07) is 4.82. The van der Waals surface area contributed by atoms with Gasteiger partial charge in [-0.3, -0.25) is 0 Å². The maximum atomic E-state index is 12.2. The molecule has 122 valence electrons. The van der Waals surface area contributed by atoms with E-state index in [1.165, 1.54) is 0 Å². The first-order chi connectivity index (χ1) is 9.99. The lowest BCUT2D eigenvalue weighted by Gasteiger charge is -2.28. The second kappa shape index (κ2) is 6.64. The molecule has 0 saturated carbocycles. The molecule has 0 radical (unpaired) electrons. The first-order valence-corrected chi connectivity index (χ1v) is 7.10. The van der Waals surface area contributed by atoms with Crippen LogP contribution in [0.25, 0.3) is 0 Å². The lowest BCUT2D eigenvalue weighted by atomic mass is 9.89. The Labute approximate surface area is 134 Å². The number of carbonyl (C=O) groups is 2. The second-order valence-corrected chi connectivity index (χ2v) is 6.51. The Morgan fingerprint density at radius 1 is 1.27 bits per heavy atom. The average molecular weight is 329 g/mol. The predicted molar refractivity (Wildman–Crippen MR) is 83.4 cm³/mol. The third kappa shape index (κ3) is 4.43. The van der Waals surface area contributed by atoms with Crippen molar-refractivity contribution >= 4 is 23.5 Å². The Morgan fingerprint density at radius 2 is 1.86 bits per heavy atom. The molecule has 1 atom stereocenters. The lowest BCUT2D eigenvalue weighted by Crippen LogP contribution is -2.58. The molecule has 0 fully saturated rings. The minimum Gasteiger partial charge on any atom is -0.479 e. The van der Waals surface area contributed by atoms with Gasteiger partial charge < -0.3 is 21.3 Å². The highest BCUT2D eigenvalue weighted by atomic mass is 35.5. The van der Waals surface area contributed by atoms with E-state index in [1.807, 2.05) is 0 Å². The van der Waals surface area contributed by atoms with E-state index in [9.17, 15) is 14.7 Å². The van der Waals surface area contributed by atoms with Crippen LogP contribution in [0.4, 0.5) is 0 Å². The van der Waals surface area contributed by atoms with Gasteiger partial charge in [-0.2, -0.15) is 0 Å². The zero-order valence-corrected chi connectivity index (χ0v) is 13.6. The molecule has 5 N–H and O–H groups in total. The molecule has 0 spiro atoms. The minimum atomic E-state index is -2.19. The summed E-state index contributed by atoms with van der Waals surface area (Å²) >= 11 is 5.88. The van der Waals surface area contributed by atoms with Crippen molar-refractivity contribution in [3.05, 3.63) is 34.3 Å². The van der Waals surface area contributed by atoms with E-state index in [1.54, 1.807) is 39.0 Å². The van der Waals surface area contributed by atoms with Crippen molar-refractivity contribution in [1.29, 1.82) is 0 Å². The molecule has 6 nitrogen and oxygen atoms in total. The van der Waals surface area contributed by atoms with Crippen molar-refractivity contribution in [2.45, 2.75) is 44.9 Å². The fourth-order valence-corrected chi connectivity index (χ4v) is 2.06. The number of halogens is 1. The number of esters is 1. The van der Waals surface area contributed by atoms with Gasteiger partial charge in [0.25, 0.3) is 0 Å². The van der Waals surface area contributed by atoms with Gasteiger partial charge in [0.15, 0.2) is 0 Å². The van der Waals surface area contributed by atoms with E-state index < -0.39 is 23.1 Å². The zero-order chi connectivity index (χ0) is 17.1. The first-order valence-electron chi connectivity index (χ1n) is 6.72. The van der Waals surface area contributed by atoms with Gasteiger partial charge in [-0.15, -0.1) is 0 Å². The van der Waals surface area contributed by atoms with Crippen LogP contribution in [0.3, 0.4) is 0 Å². The molecule has 0 heterocycles. The highest BCUT2D eigenvalue weighted by molar-refractivity contribution is 6.30. The number of hydrogen-bond acceptors (Lipinski definition) is 5. The zero-order valence-electron chi connectivity index (χ0n) is 12.9. The highest BCUT2D eigenvalue weighted by Crippen LogP contribution is 2.22. The SMILES string of the molecule is CC(C)(C)OC(=O)C(N)(Cc1ccc(Cl)cc1CN)C(=O)O. The molecule has 0 aromatic heterocycles. The number of hydrogen-bond donors (Lipinski definition) is 3. The van der Waals surface area contributed by atoms with Gasteiger partial charge in [-0.05, 0) is 44.0 Å². The van der Waals surface area contributed by atoms with Crippen LogP contribution in [-0.2, 0) is 27.3 Å². The number of nitrogens with two attached hydrogens (primary N) is 2. The summed E-state index contributed by atoms with van der Waals surface area (Å²) in [5.74, 6) is -2.45. The van der Waals surface area contributed by atoms with Gasteiger partial charge in [-0.25, -0.2) is 9.59 Å². The van der Waals surface area contributed by atoms with E-state index in [-0.39, 0.29) is 13.0 Å². The van der Waals surface area contributed by atoms with Crippen LogP contribution in [0, 0.1) is 0 Å². The molecule has 22 heavy (non-hydrogen) atoms. The topological polar surface area (TPSA) is 116 Å². The fraction of sp³-hybridized carbons (Fsp3) is 0.467.